The number of benzene rings is 2. The van der Waals surface area contributed by atoms with Crippen molar-refractivity contribution < 1.29 is 4.74 Å². The zero-order valence-electron chi connectivity index (χ0n) is 10.4. The van der Waals surface area contributed by atoms with Crippen LogP contribution in [0.25, 0.3) is 0 Å². The highest BCUT2D eigenvalue weighted by molar-refractivity contribution is 5.32. The molecule has 1 fully saturated rings. The maximum Gasteiger partial charge on any atom is 0.119 e. The Balaban J connectivity index is 1.59. The highest BCUT2D eigenvalue weighted by Gasteiger charge is 2.19. The number of hydrogen-bond acceptors (Lipinski definition) is 1. The van der Waals surface area contributed by atoms with Gasteiger partial charge in [0.15, 0.2) is 0 Å². The Kier molecular flexibility index (Phi) is 3.31. The van der Waals surface area contributed by atoms with Gasteiger partial charge in [0.1, 0.15) is 12.4 Å². The van der Waals surface area contributed by atoms with Crippen LogP contribution in [0, 0.1) is 6.42 Å². The van der Waals surface area contributed by atoms with Crippen LogP contribution in [-0.4, -0.2) is 0 Å². The van der Waals surface area contributed by atoms with E-state index in [1.54, 1.807) is 0 Å². The zero-order valence-corrected chi connectivity index (χ0v) is 10.4. The molecule has 18 heavy (non-hydrogen) atoms. The van der Waals surface area contributed by atoms with Crippen molar-refractivity contribution in [3.05, 3.63) is 72.1 Å². The van der Waals surface area contributed by atoms with Gasteiger partial charge in [0.2, 0.25) is 0 Å². The summed E-state index contributed by atoms with van der Waals surface area (Å²) in [6, 6.07) is 18.8. The van der Waals surface area contributed by atoms with E-state index in [1.807, 2.05) is 18.2 Å². The average molecular weight is 237 g/mol. The van der Waals surface area contributed by atoms with Gasteiger partial charge in [-0.05, 0) is 48.4 Å². The Hall–Kier alpha value is -1.76. The third kappa shape index (κ3) is 2.56. The van der Waals surface area contributed by atoms with Crippen LogP contribution in [-0.2, 0) is 6.61 Å². The minimum atomic E-state index is 0.635. The Bertz CT molecular complexity index is 483. The van der Waals surface area contributed by atoms with Crippen molar-refractivity contribution in [2.75, 3.05) is 0 Å². The van der Waals surface area contributed by atoms with E-state index >= 15 is 0 Å². The third-order valence-electron chi connectivity index (χ3n) is 3.49. The molecule has 0 saturated heterocycles. The largest absolute Gasteiger partial charge is 0.489 e. The fraction of sp³-hybridized carbons (Fsp3) is 0.235. The predicted molar refractivity (Wildman–Crippen MR) is 73.5 cm³/mol. The van der Waals surface area contributed by atoms with Crippen LogP contribution in [0.1, 0.15) is 29.9 Å². The first-order valence-corrected chi connectivity index (χ1v) is 6.52. The van der Waals surface area contributed by atoms with E-state index in [2.05, 4.69) is 42.8 Å². The zero-order chi connectivity index (χ0) is 12.2. The molecule has 1 aliphatic carbocycles. The molecule has 0 spiro atoms. The SMILES string of the molecule is [CH]1CCC1c1ccc(OCc2ccccc2)cc1. The molecule has 3 rings (SSSR count). The van der Waals surface area contributed by atoms with Crippen LogP contribution in [0.4, 0.5) is 0 Å². The number of hydrogen-bond donors (Lipinski definition) is 0. The third-order valence-corrected chi connectivity index (χ3v) is 3.49. The summed E-state index contributed by atoms with van der Waals surface area (Å²) in [5, 5.41) is 0. The van der Waals surface area contributed by atoms with Gasteiger partial charge in [0.25, 0.3) is 0 Å². The van der Waals surface area contributed by atoms with E-state index in [9.17, 15) is 0 Å². The normalized spacial score (nSPS) is 15.1. The van der Waals surface area contributed by atoms with E-state index in [0.717, 1.165) is 5.75 Å². The first-order chi connectivity index (χ1) is 8.92. The summed E-state index contributed by atoms with van der Waals surface area (Å²) in [7, 11) is 0. The minimum absolute atomic E-state index is 0.635. The van der Waals surface area contributed by atoms with Crippen molar-refractivity contribution in [3.63, 3.8) is 0 Å². The standard InChI is InChI=1S/C17H17O/c1-2-5-14(6-3-1)13-18-17-11-9-16(10-12-17)15-7-4-8-15/h1-3,5-7,9-12,15H,4,8,13H2. The molecular weight excluding hydrogens is 220 g/mol. The van der Waals surface area contributed by atoms with Crippen molar-refractivity contribution in [1.29, 1.82) is 0 Å². The summed E-state index contributed by atoms with van der Waals surface area (Å²) in [6.45, 7) is 0.635. The van der Waals surface area contributed by atoms with Crippen LogP contribution >= 0.6 is 0 Å². The molecule has 1 atom stereocenters. The van der Waals surface area contributed by atoms with Gasteiger partial charge in [-0.15, -0.1) is 0 Å². The molecule has 1 radical (unpaired) electrons. The summed E-state index contributed by atoms with van der Waals surface area (Å²) in [6.07, 6.45) is 4.93. The van der Waals surface area contributed by atoms with Crippen molar-refractivity contribution in [1.82, 2.24) is 0 Å². The lowest BCUT2D eigenvalue weighted by Crippen LogP contribution is -2.09. The Morgan fingerprint density at radius 2 is 1.67 bits per heavy atom. The molecule has 1 heteroatoms. The molecule has 1 nitrogen and oxygen atoms in total. The Morgan fingerprint density at radius 1 is 0.944 bits per heavy atom. The average Bonchev–Trinajstić information content (AvgIpc) is 2.37. The first-order valence-electron chi connectivity index (χ1n) is 6.52. The maximum atomic E-state index is 5.77. The van der Waals surface area contributed by atoms with E-state index in [4.69, 9.17) is 4.74 Å². The quantitative estimate of drug-likeness (QED) is 0.768. The molecule has 91 valence electrons. The molecule has 0 N–H and O–H groups in total. The molecule has 2 aromatic rings. The number of ether oxygens (including phenoxy) is 1. The fourth-order valence-corrected chi connectivity index (χ4v) is 2.19. The van der Waals surface area contributed by atoms with Crippen LogP contribution in [0.3, 0.4) is 0 Å². The van der Waals surface area contributed by atoms with Crippen LogP contribution < -0.4 is 4.74 Å². The van der Waals surface area contributed by atoms with Gasteiger partial charge in [0.05, 0.1) is 0 Å². The van der Waals surface area contributed by atoms with Crippen LogP contribution in [0.2, 0.25) is 0 Å². The Morgan fingerprint density at radius 3 is 2.28 bits per heavy atom. The lowest BCUT2D eigenvalue weighted by molar-refractivity contribution is 0.306. The monoisotopic (exact) mass is 237 g/mol. The van der Waals surface area contributed by atoms with E-state index < -0.39 is 0 Å². The topological polar surface area (TPSA) is 9.23 Å². The van der Waals surface area contributed by atoms with Gasteiger partial charge in [0, 0.05) is 0 Å². The second-order valence-electron chi connectivity index (χ2n) is 4.76. The molecule has 0 aliphatic heterocycles. The molecule has 0 aromatic heterocycles. The van der Waals surface area contributed by atoms with E-state index in [0.29, 0.717) is 12.5 Å². The minimum Gasteiger partial charge on any atom is -0.489 e. The Labute approximate surface area is 108 Å². The van der Waals surface area contributed by atoms with Gasteiger partial charge in [-0.3, -0.25) is 0 Å². The van der Waals surface area contributed by atoms with E-state index in [-0.39, 0.29) is 0 Å². The lowest BCUT2D eigenvalue weighted by atomic mass is 9.80. The first kappa shape index (κ1) is 11.3. The summed E-state index contributed by atoms with van der Waals surface area (Å²) in [4.78, 5) is 0. The van der Waals surface area contributed by atoms with Gasteiger partial charge < -0.3 is 4.74 Å². The highest BCUT2D eigenvalue weighted by atomic mass is 16.5. The second kappa shape index (κ2) is 5.26. The molecule has 0 heterocycles. The van der Waals surface area contributed by atoms with E-state index in [1.165, 1.54) is 24.0 Å². The number of rotatable bonds is 4. The fourth-order valence-electron chi connectivity index (χ4n) is 2.19. The molecule has 2 aromatic carbocycles. The molecule has 1 unspecified atom stereocenters. The molecular formula is C17H17O. The predicted octanol–water partition coefficient (Wildman–Crippen LogP) is 4.35. The molecule has 1 aliphatic rings. The van der Waals surface area contributed by atoms with Gasteiger partial charge in [-0.1, -0.05) is 42.5 Å². The second-order valence-corrected chi connectivity index (χ2v) is 4.76. The van der Waals surface area contributed by atoms with Gasteiger partial charge in [-0.25, -0.2) is 0 Å². The van der Waals surface area contributed by atoms with Crippen molar-refractivity contribution in [2.45, 2.75) is 25.4 Å². The van der Waals surface area contributed by atoms with Crippen molar-refractivity contribution in [3.8, 4) is 5.75 Å². The highest BCUT2D eigenvalue weighted by Crippen LogP contribution is 2.35. The van der Waals surface area contributed by atoms with Crippen LogP contribution in [0.15, 0.2) is 54.6 Å². The molecule has 1 saturated carbocycles. The van der Waals surface area contributed by atoms with Crippen LogP contribution in [0.5, 0.6) is 5.75 Å². The van der Waals surface area contributed by atoms with Gasteiger partial charge >= 0.3 is 0 Å². The maximum absolute atomic E-state index is 5.77. The van der Waals surface area contributed by atoms with Gasteiger partial charge in [-0.2, -0.15) is 0 Å². The van der Waals surface area contributed by atoms with Crippen molar-refractivity contribution >= 4 is 0 Å². The smallest absolute Gasteiger partial charge is 0.119 e. The molecule has 0 amide bonds. The van der Waals surface area contributed by atoms with Crippen molar-refractivity contribution in [2.24, 2.45) is 0 Å². The summed E-state index contributed by atoms with van der Waals surface area (Å²) in [5.41, 5.74) is 2.61. The summed E-state index contributed by atoms with van der Waals surface area (Å²) >= 11 is 0. The lowest BCUT2D eigenvalue weighted by Gasteiger charge is -2.25. The summed E-state index contributed by atoms with van der Waals surface area (Å²) in [5.74, 6) is 1.62. The summed E-state index contributed by atoms with van der Waals surface area (Å²) < 4.78 is 5.77. The molecule has 0 bridgehead atoms.